The molecule has 1 N–H and O–H groups in total. The number of hydrogen-bond donors (Lipinski definition) is 1. The molecule has 0 radical (unpaired) electrons. The molecule has 0 aromatic rings. The summed E-state index contributed by atoms with van der Waals surface area (Å²) < 4.78 is 5.29. The molecule has 0 atom stereocenters. The van der Waals surface area contributed by atoms with E-state index in [1.54, 1.807) is 12.0 Å². The van der Waals surface area contributed by atoms with Crippen molar-refractivity contribution < 1.29 is 19.4 Å². The highest BCUT2D eigenvalue weighted by Gasteiger charge is 2.31. The van der Waals surface area contributed by atoms with E-state index in [1.807, 2.05) is 4.90 Å². The van der Waals surface area contributed by atoms with Crippen molar-refractivity contribution in [2.75, 3.05) is 33.3 Å². The third-order valence-corrected chi connectivity index (χ3v) is 4.16. The van der Waals surface area contributed by atoms with Crippen LogP contribution in [0.5, 0.6) is 0 Å². The van der Waals surface area contributed by atoms with Gasteiger partial charge in [0.15, 0.2) is 0 Å². The van der Waals surface area contributed by atoms with Gasteiger partial charge >= 0.3 is 12.0 Å². The van der Waals surface area contributed by atoms with Crippen LogP contribution in [-0.2, 0) is 9.53 Å². The van der Waals surface area contributed by atoms with Gasteiger partial charge in [-0.15, -0.1) is 0 Å². The molecular weight excluding hydrogens is 248 g/mol. The van der Waals surface area contributed by atoms with E-state index in [4.69, 9.17) is 9.84 Å². The molecule has 2 aliphatic rings. The number of aliphatic carboxylic acids is 1. The van der Waals surface area contributed by atoms with Gasteiger partial charge in [0, 0.05) is 33.3 Å². The number of amides is 2. The lowest BCUT2D eigenvalue weighted by molar-refractivity contribution is -0.143. The van der Waals surface area contributed by atoms with Gasteiger partial charge in [-0.25, -0.2) is 4.79 Å². The first-order valence-corrected chi connectivity index (χ1v) is 6.91. The van der Waals surface area contributed by atoms with Crippen LogP contribution < -0.4 is 0 Å². The van der Waals surface area contributed by atoms with E-state index in [2.05, 4.69) is 0 Å². The van der Waals surface area contributed by atoms with E-state index in [1.165, 1.54) is 0 Å². The number of likely N-dealkylation sites (tertiary alicyclic amines) is 2. The van der Waals surface area contributed by atoms with Crippen molar-refractivity contribution in [3.63, 3.8) is 0 Å². The number of methoxy groups -OCH3 is 1. The maximum atomic E-state index is 12.3. The summed E-state index contributed by atoms with van der Waals surface area (Å²) in [5, 5.41) is 8.94. The molecular formula is C13H22N2O4. The molecule has 19 heavy (non-hydrogen) atoms. The summed E-state index contributed by atoms with van der Waals surface area (Å²) in [7, 11) is 1.71. The summed E-state index contributed by atoms with van der Waals surface area (Å²) in [5.41, 5.74) is 0. The number of urea groups is 1. The van der Waals surface area contributed by atoms with Crippen molar-refractivity contribution in [3.05, 3.63) is 0 Å². The summed E-state index contributed by atoms with van der Waals surface area (Å²) in [6, 6.07) is 0.0541. The van der Waals surface area contributed by atoms with E-state index in [0.717, 1.165) is 25.9 Å². The maximum absolute atomic E-state index is 12.3. The minimum Gasteiger partial charge on any atom is -0.481 e. The highest BCUT2D eigenvalue weighted by Crippen LogP contribution is 2.20. The molecule has 2 aliphatic heterocycles. The fourth-order valence-electron chi connectivity index (χ4n) is 2.80. The van der Waals surface area contributed by atoms with Crippen molar-refractivity contribution in [3.8, 4) is 0 Å². The molecule has 0 unspecified atom stereocenters. The van der Waals surface area contributed by atoms with Crippen molar-refractivity contribution in [1.29, 1.82) is 0 Å². The zero-order chi connectivity index (χ0) is 13.8. The molecule has 0 aliphatic carbocycles. The number of carbonyl (C=O) groups excluding carboxylic acids is 1. The zero-order valence-corrected chi connectivity index (χ0v) is 11.4. The van der Waals surface area contributed by atoms with E-state index in [-0.39, 0.29) is 18.1 Å². The Balaban J connectivity index is 1.80. The van der Waals surface area contributed by atoms with E-state index >= 15 is 0 Å². The standard InChI is InChI=1S/C13H22N2O4/c1-19-11-4-8-15(9-5-11)13(18)14-6-2-10(3-7-14)12(16)17/h10-11H,2-9H2,1H3,(H,16,17). The van der Waals surface area contributed by atoms with Crippen LogP contribution in [0.4, 0.5) is 4.79 Å². The molecule has 0 spiro atoms. The number of carboxylic acid groups (broad SMARTS) is 1. The van der Waals surface area contributed by atoms with Gasteiger partial charge < -0.3 is 19.6 Å². The van der Waals surface area contributed by atoms with Crippen LogP contribution in [0, 0.1) is 5.92 Å². The van der Waals surface area contributed by atoms with Gasteiger partial charge in [0.25, 0.3) is 0 Å². The Hall–Kier alpha value is -1.30. The Labute approximate surface area is 113 Å². The van der Waals surface area contributed by atoms with Gasteiger partial charge in [0.2, 0.25) is 0 Å². The van der Waals surface area contributed by atoms with E-state index in [0.29, 0.717) is 25.9 Å². The Morgan fingerprint density at radius 3 is 1.89 bits per heavy atom. The predicted octanol–water partition coefficient (Wildman–Crippen LogP) is 1.01. The summed E-state index contributed by atoms with van der Waals surface area (Å²) in [5.74, 6) is -1.03. The van der Waals surface area contributed by atoms with Crippen molar-refractivity contribution in [2.24, 2.45) is 5.92 Å². The minimum absolute atomic E-state index is 0.0541. The molecule has 2 amide bonds. The number of carboxylic acids is 1. The molecule has 0 aromatic heterocycles. The van der Waals surface area contributed by atoms with Crippen LogP contribution in [0.1, 0.15) is 25.7 Å². The summed E-state index contributed by atoms with van der Waals surface area (Å²) >= 11 is 0. The topological polar surface area (TPSA) is 70.1 Å². The van der Waals surface area contributed by atoms with Crippen LogP contribution >= 0.6 is 0 Å². The molecule has 2 saturated heterocycles. The molecule has 2 fully saturated rings. The average Bonchev–Trinajstić information content (AvgIpc) is 2.46. The number of ether oxygens (including phenoxy) is 1. The lowest BCUT2D eigenvalue weighted by atomic mass is 9.97. The number of carbonyl (C=O) groups is 2. The van der Waals surface area contributed by atoms with Gasteiger partial charge in [-0.1, -0.05) is 0 Å². The lowest BCUT2D eigenvalue weighted by Gasteiger charge is -2.37. The van der Waals surface area contributed by atoms with Gasteiger partial charge in [-0.2, -0.15) is 0 Å². The Bertz CT molecular complexity index is 332. The van der Waals surface area contributed by atoms with Crippen LogP contribution in [0.15, 0.2) is 0 Å². The normalized spacial score (nSPS) is 22.6. The minimum atomic E-state index is -0.743. The third kappa shape index (κ3) is 3.37. The van der Waals surface area contributed by atoms with Crippen LogP contribution in [-0.4, -0.2) is 66.3 Å². The number of hydrogen-bond acceptors (Lipinski definition) is 3. The predicted molar refractivity (Wildman–Crippen MR) is 68.9 cm³/mol. The molecule has 0 saturated carbocycles. The van der Waals surface area contributed by atoms with Crippen molar-refractivity contribution in [2.45, 2.75) is 31.8 Å². The first-order chi connectivity index (χ1) is 9.11. The molecule has 6 nitrogen and oxygen atoms in total. The highest BCUT2D eigenvalue weighted by molar-refractivity contribution is 5.75. The SMILES string of the molecule is COC1CCN(C(=O)N2CCC(C(=O)O)CC2)CC1. The van der Waals surface area contributed by atoms with E-state index in [9.17, 15) is 9.59 Å². The van der Waals surface area contributed by atoms with Gasteiger partial charge in [0.1, 0.15) is 0 Å². The Morgan fingerprint density at radius 1 is 1.00 bits per heavy atom. The Kier molecular flexibility index (Phi) is 4.63. The van der Waals surface area contributed by atoms with Crippen LogP contribution in [0.25, 0.3) is 0 Å². The van der Waals surface area contributed by atoms with Crippen molar-refractivity contribution in [1.82, 2.24) is 9.80 Å². The number of nitrogens with zero attached hydrogens (tertiary/aromatic N) is 2. The highest BCUT2D eigenvalue weighted by atomic mass is 16.5. The van der Waals surface area contributed by atoms with Gasteiger partial charge in [-0.05, 0) is 25.7 Å². The first-order valence-electron chi connectivity index (χ1n) is 6.91. The van der Waals surface area contributed by atoms with E-state index < -0.39 is 5.97 Å². The summed E-state index contributed by atoms with van der Waals surface area (Å²) in [6.45, 7) is 2.58. The Morgan fingerprint density at radius 2 is 1.47 bits per heavy atom. The second kappa shape index (κ2) is 6.23. The fraction of sp³-hybridized carbons (Fsp3) is 0.846. The number of rotatable bonds is 2. The summed E-state index contributed by atoms with van der Waals surface area (Å²) in [6.07, 6.45) is 3.16. The van der Waals surface area contributed by atoms with Crippen molar-refractivity contribution >= 4 is 12.0 Å². The molecule has 0 bridgehead atoms. The molecule has 2 rings (SSSR count). The maximum Gasteiger partial charge on any atom is 0.320 e. The first kappa shape index (κ1) is 14.1. The van der Waals surface area contributed by atoms with Gasteiger partial charge in [-0.3, -0.25) is 4.79 Å². The lowest BCUT2D eigenvalue weighted by Crippen LogP contribution is -2.50. The second-order valence-electron chi connectivity index (χ2n) is 5.30. The largest absolute Gasteiger partial charge is 0.481 e. The monoisotopic (exact) mass is 270 g/mol. The summed E-state index contributed by atoms with van der Waals surface area (Å²) in [4.78, 5) is 26.8. The van der Waals surface area contributed by atoms with Gasteiger partial charge in [0.05, 0.1) is 12.0 Å². The molecule has 6 heteroatoms. The van der Waals surface area contributed by atoms with Crippen LogP contribution in [0.3, 0.4) is 0 Å². The van der Waals surface area contributed by atoms with Crippen LogP contribution in [0.2, 0.25) is 0 Å². The molecule has 108 valence electrons. The number of piperidine rings is 2. The third-order valence-electron chi connectivity index (χ3n) is 4.16. The molecule has 2 heterocycles. The fourth-order valence-corrected chi connectivity index (χ4v) is 2.80. The molecule has 0 aromatic carbocycles. The average molecular weight is 270 g/mol. The zero-order valence-electron chi connectivity index (χ0n) is 11.4. The second-order valence-corrected chi connectivity index (χ2v) is 5.30. The quantitative estimate of drug-likeness (QED) is 0.813. The smallest absolute Gasteiger partial charge is 0.320 e.